The lowest BCUT2D eigenvalue weighted by Crippen LogP contribution is -1.86. The molecule has 18 heavy (non-hydrogen) atoms. The summed E-state index contributed by atoms with van der Waals surface area (Å²) in [6.45, 7) is 0. The van der Waals surface area contributed by atoms with Crippen molar-refractivity contribution >= 4 is 46.4 Å². The Kier molecular flexibility index (Phi) is 3.83. The Morgan fingerprint density at radius 1 is 0.667 bits per heavy atom. The van der Waals surface area contributed by atoms with E-state index in [1.807, 2.05) is 0 Å². The number of halogens is 4. The SMILES string of the molecule is Oc1ccc(-c2c(Cl)c(Cl)c(O)c(Cl)c2Cl)cc1. The van der Waals surface area contributed by atoms with E-state index in [0.717, 1.165) is 0 Å². The van der Waals surface area contributed by atoms with Crippen LogP contribution in [-0.2, 0) is 0 Å². The van der Waals surface area contributed by atoms with Crippen molar-refractivity contribution < 1.29 is 10.2 Å². The first-order valence-corrected chi connectivity index (χ1v) is 6.29. The Morgan fingerprint density at radius 3 is 1.56 bits per heavy atom. The molecule has 0 heterocycles. The van der Waals surface area contributed by atoms with E-state index >= 15 is 0 Å². The lowest BCUT2D eigenvalue weighted by atomic mass is 10.1. The molecule has 0 saturated carbocycles. The van der Waals surface area contributed by atoms with Crippen LogP contribution in [0.25, 0.3) is 11.1 Å². The van der Waals surface area contributed by atoms with E-state index in [1.54, 1.807) is 12.1 Å². The summed E-state index contributed by atoms with van der Waals surface area (Å²) in [4.78, 5) is 0. The molecule has 6 heteroatoms. The number of phenolic OH excluding ortho intramolecular Hbond substituents is 2. The number of hydrogen-bond acceptors (Lipinski definition) is 2. The molecule has 0 aliphatic carbocycles. The fraction of sp³-hybridized carbons (Fsp3) is 0. The zero-order chi connectivity index (χ0) is 13.4. The van der Waals surface area contributed by atoms with Crippen molar-refractivity contribution in [2.24, 2.45) is 0 Å². The maximum atomic E-state index is 9.61. The van der Waals surface area contributed by atoms with Crippen molar-refractivity contribution in [3.63, 3.8) is 0 Å². The van der Waals surface area contributed by atoms with Gasteiger partial charge in [-0.1, -0.05) is 58.5 Å². The number of aromatic hydroxyl groups is 2. The summed E-state index contributed by atoms with van der Waals surface area (Å²) in [5.74, 6) is -0.238. The Bertz CT molecular complexity index is 579. The van der Waals surface area contributed by atoms with Crippen LogP contribution in [0, 0.1) is 0 Å². The van der Waals surface area contributed by atoms with Gasteiger partial charge in [-0.05, 0) is 17.7 Å². The smallest absolute Gasteiger partial charge is 0.155 e. The first-order chi connectivity index (χ1) is 8.43. The summed E-state index contributed by atoms with van der Waals surface area (Å²) in [6.07, 6.45) is 0. The van der Waals surface area contributed by atoms with Crippen LogP contribution in [0.4, 0.5) is 0 Å². The van der Waals surface area contributed by atoms with Crippen molar-refractivity contribution in [2.75, 3.05) is 0 Å². The Morgan fingerprint density at radius 2 is 1.11 bits per heavy atom. The Labute approximate surface area is 123 Å². The minimum absolute atomic E-state index is 0.0610. The van der Waals surface area contributed by atoms with Crippen LogP contribution in [0.5, 0.6) is 11.5 Å². The molecule has 0 fully saturated rings. The lowest BCUT2D eigenvalue weighted by Gasteiger charge is -2.12. The molecule has 0 saturated heterocycles. The van der Waals surface area contributed by atoms with Gasteiger partial charge in [-0.3, -0.25) is 0 Å². The van der Waals surface area contributed by atoms with Crippen molar-refractivity contribution in [1.29, 1.82) is 0 Å². The fourth-order valence-electron chi connectivity index (χ4n) is 1.50. The number of hydrogen-bond donors (Lipinski definition) is 2. The molecule has 0 radical (unpaired) electrons. The van der Waals surface area contributed by atoms with E-state index in [9.17, 15) is 10.2 Å². The molecule has 94 valence electrons. The molecule has 0 aromatic heterocycles. The van der Waals surface area contributed by atoms with Gasteiger partial charge in [0.05, 0.1) is 10.0 Å². The molecule has 0 aliphatic heterocycles. The van der Waals surface area contributed by atoms with E-state index in [-0.39, 0.29) is 31.6 Å². The third-order valence-electron chi connectivity index (χ3n) is 2.40. The molecule has 2 aromatic rings. The first kappa shape index (κ1) is 13.6. The van der Waals surface area contributed by atoms with Gasteiger partial charge in [0.2, 0.25) is 0 Å². The Balaban J connectivity index is 2.75. The van der Waals surface area contributed by atoms with Gasteiger partial charge in [-0.25, -0.2) is 0 Å². The molecule has 2 aromatic carbocycles. The highest BCUT2D eigenvalue weighted by atomic mass is 35.5. The average molecular weight is 324 g/mol. The van der Waals surface area contributed by atoms with Gasteiger partial charge < -0.3 is 10.2 Å². The molecule has 2 rings (SSSR count). The van der Waals surface area contributed by atoms with Gasteiger partial charge in [0, 0.05) is 5.56 Å². The van der Waals surface area contributed by atoms with E-state index in [0.29, 0.717) is 11.1 Å². The van der Waals surface area contributed by atoms with Crippen LogP contribution in [0.2, 0.25) is 20.1 Å². The van der Waals surface area contributed by atoms with Gasteiger partial charge in [-0.15, -0.1) is 0 Å². The van der Waals surface area contributed by atoms with Gasteiger partial charge >= 0.3 is 0 Å². The minimum Gasteiger partial charge on any atom is -0.508 e. The monoisotopic (exact) mass is 322 g/mol. The molecule has 0 bridgehead atoms. The molecule has 0 amide bonds. The second kappa shape index (κ2) is 5.06. The molecule has 2 N–H and O–H groups in total. The molecule has 0 spiro atoms. The third-order valence-corrected chi connectivity index (χ3v) is 4.08. The largest absolute Gasteiger partial charge is 0.508 e. The number of phenols is 2. The van der Waals surface area contributed by atoms with Crippen LogP contribution < -0.4 is 0 Å². The summed E-state index contributed by atoms with van der Waals surface area (Å²) >= 11 is 23.8. The number of rotatable bonds is 1. The highest BCUT2D eigenvalue weighted by Gasteiger charge is 2.20. The minimum atomic E-state index is -0.351. The molecule has 2 nitrogen and oxygen atoms in total. The second-order valence-electron chi connectivity index (χ2n) is 3.53. The second-order valence-corrected chi connectivity index (χ2v) is 5.04. The topological polar surface area (TPSA) is 40.5 Å². The molecular weight excluding hydrogens is 318 g/mol. The summed E-state index contributed by atoms with van der Waals surface area (Å²) in [7, 11) is 0. The van der Waals surface area contributed by atoms with Crippen LogP contribution in [0.1, 0.15) is 0 Å². The van der Waals surface area contributed by atoms with E-state index in [2.05, 4.69) is 0 Å². The molecule has 0 aliphatic rings. The highest BCUT2D eigenvalue weighted by molar-refractivity contribution is 6.51. The molecule has 0 atom stereocenters. The van der Waals surface area contributed by atoms with Gasteiger partial charge in [0.25, 0.3) is 0 Å². The van der Waals surface area contributed by atoms with Crippen LogP contribution in [0.3, 0.4) is 0 Å². The summed E-state index contributed by atoms with van der Waals surface area (Å²) in [5.41, 5.74) is 1.04. The van der Waals surface area contributed by atoms with Crippen molar-refractivity contribution in [2.45, 2.75) is 0 Å². The van der Waals surface area contributed by atoms with Crippen LogP contribution in [-0.4, -0.2) is 10.2 Å². The maximum absolute atomic E-state index is 9.61. The normalized spacial score (nSPS) is 10.7. The summed E-state index contributed by atoms with van der Waals surface area (Å²) in [6, 6.07) is 6.20. The van der Waals surface area contributed by atoms with E-state index in [4.69, 9.17) is 46.4 Å². The van der Waals surface area contributed by atoms with Gasteiger partial charge in [0.1, 0.15) is 15.8 Å². The Hall–Kier alpha value is -0.800. The first-order valence-electron chi connectivity index (χ1n) is 4.77. The average Bonchev–Trinajstić information content (AvgIpc) is 2.36. The van der Waals surface area contributed by atoms with Crippen molar-refractivity contribution in [3.05, 3.63) is 44.4 Å². The zero-order valence-corrected chi connectivity index (χ0v) is 11.7. The lowest BCUT2D eigenvalue weighted by molar-refractivity contribution is 0.475. The van der Waals surface area contributed by atoms with Crippen molar-refractivity contribution in [1.82, 2.24) is 0 Å². The predicted octanol–water partition coefficient (Wildman–Crippen LogP) is 5.38. The fourth-order valence-corrected chi connectivity index (χ4v) is 2.56. The van der Waals surface area contributed by atoms with Crippen LogP contribution in [0.15, 0.2) is 24.3 Å². The van der Waals surface area contributed by atoms with E-state index in [1.165, 1.54) is 12.1 Å². The third kappa shape index (κ3) is 2.21. The van der Waals surface area contributed by atoms with Crippen LogP contribution >= 0.6 is 46.4 Å². The van der Waals surface area contributed by atoms with Crippen molar-refractivity contribution in [3.8, 4) is 22.6 Å². The van der Waals surface area contributed by atoms with Gasteiger partial charge in [0.15, 0.2) is 5.75 Å². The highest BCUT2D eigenvalue weighted by Crippen LogP contribution is 2.49. The quantitative estimate of drug-likeness (QED) is 0.692. The summed E-state index contributed by atoms with van der Waals surface area (Å²) < 4.78 is 0. The molecular formula is C12H6Cl4O2. The molecule has 0 unspecified atom stereocenters. The number of benzene rings is 2. The predicted molar refractivity (Wildman–Crippen MR) is 75.2 cm³/mol. The standard InChI is InChI=1S/C12H6Cl4O2/c13-8-7(5-1-3-6(17)4-2-5)9(14)11(16)12(18)10(8)15/h1-4,17-18H. The maximum Gasteiger partial charge on any atom is 0.155 e. The van der Waals surface area contributed by atoms with E-state index < -0.39 is 0 Å². The summed E-state index contributed by atoms with van der Waals surface area (Å²) in [5, 5.41) is 18.9. The zero-order valence-electron chi connectivity index (χ0n) is 8.72. The van der Waals surface area contributed by atoms with Gasteiger partial charge in [-0.2, -0.15) is 0 Å².